The van der Waals surface area contributed by atoms with Gasteiger partial charge in [-0.1, -0.05) is 12.1 Å². The molecular formula is C14H19N3O. The Bertz CT molecular complexity index is 476. The summed E-state index contributed by atoms with van der Waals surface area (Å²) in [6.07, 6.45) is 4.81. The van der Waals surface area contributed by atoms with E-state index >= 15 is 0 Å². The predicted octanol–water partition coefficient (Wildman–Crippen LogP) is 2.57. The van der Waals surface area contributed by atoms with E-state index < -0.39 is 0 Å². The number of aromatic nitrogens is 2. The van der Waals surface area contributed by atoms with Crippen molar-refractivity contribution in [2.75, 3.05) is 19.0 Å². The molecule has 18 heavy (non-hydrogen) atoms. The van der Waals surface area contributed by atoms with Gasteiger partial charge in [-0.3, -0.25) is 0 Å². The van der Waals surface area contributed by atoms with Crippen LogP contribution in [-0.4, -0.2) is 23.2 Å². The lowest BCUT2D eigenvalue weighted by Crippen LogP contribution is -2.08. The van der Waals surface area contributed by atoms with Crippen molar-refractivity contribution >= 4 is 5.95 Å². The Balaban J connectivity index is 1.95. The van der Waals surface area contributed by atoms with E-state index in [-0.39, 0.29) is 0 Å². The minimum absolute atomic E-state index is 0.888. The molecule has 2 rings (SSSR count). The Morgan fingerprint density at radius 3 is 2.72 bits per heavy atom. The number of imidazole rings is 1. The molecular weight excluding hydrogens is 226 g/mol. The van der Waals surface area contributed by atoms with Crippen LogP contribution >= 0.6 is 0 Å². The molecule has 0 aliphatic heterocycles. The number of nitrogens with one attached hydrogen (secondary N) is 1. The highest BCUT2D eigenvalue weighted by atomic mass is 16.5. The van der Waals surface area contributed by atoms with E-state index in [0.717, 1.165) is 31.2 Å². The fraction of sp³-hybridized carbons (Fsp3) is 0.357. The number of benzene rings is 1. The summed E-state index contributed by atoms with van der Waals surface area (Å²) in [4.78, 5) is 4.28. The first-order chi connectivity index (χ1) is 8.83. The number of anilines is 1. The fourth-order valence-electron chi connectivity index (χ4n) is 1.86. The smallest absolute Gasteiger partial charge is 0.202 e. The molecule has 4 nitrogen and oxygen atoms in total. The first kappa shape index (κ1) is 12.5. The zero-order valence-corrected chi connectivity index (χ0v) is 10.9. The average Bonchev–Trinajstić information content (AvgIpc) is 2.85. The lowest BCUT2D eigenvalue weighted by Gasteiger charge is -2.08. The van der Waals surface area contributed by atoms with E-state index in [4.69, 9.17) is 4.74 Å². The molecule has 1 aromatic carbocycles. The molecule has 0 bridgehead atoms. The minimum atomic E-state index is 0.888. The molecule has 0 atom stereocenters. The maximum absolute atomic E-state index is 5.15. The average molecular weight is 245 g/mol. The SMILES string of the molecule is CCNc1nccn1CCc1ccc(OC)cc1. The maximum Gasteiger partial charge on any atom is 0.202 e. The lowest BCUT2D eigenvalue weighted by molar-refractivity contribution is 0.414. The molecule has 0 unspecified atom stereocenters. The monoisotopic (exact) mass is 245 g/mol. The van der Waals surface area contributed by atoms with Crippen molar-refractivity contribution in [2.45, 2.75) is 19.9 Å². The molecule has 0 radical (unpaired) electrons. The van der Waals surface area contributed by atoms with Gasteiger partial charge in [0.1, 0.15) is 5.75 Å². The fourth-order valence-corrected chi connectivity index (χ4v) is 1.86. The van der Waals surface area contributed by atoms with Crippen LogP contribution in [0, 0.1) is 0 Å². The minimum Gasteiger partial charge on any atom is -0.497 e. The quantitative estimate of drug-likeness (QED) is 0.850. The van der Waals surface area contributed by atoms with Gasteiger partial charge in [-0.15, -0.1) is 0 Å². The molecule has 0 saturated carbocycles. The molecule has 0 saturated heterocycles. The number of methoxy groups -OCH3 is 1. The normalized spacial score (nSPS) is 10.3. The van der Waals surface area contributed by atoms with Crippen LogP contribution in [-0.2, 0) is 13.0 Å². The molecule has 0 amide bonds. The van der Waals surface area contributed by atoms with Crippen LogP contribution in [0.3, 0.4) is 0 Å². The zero-order chi connectivity index (χ0) is 12.8. The molecule has 0 spiro atoms. The third-order valence-electron chi connectivity index (χ3n) is 2.85. The van der Waals surface area contributed by atoms with E-state index in [1.807, 2.05) is 24.5 Å². The third kappa shape index (κ3) is 3.03. The van der Waals surface area contributed by atoms with Gasteiger partial charge in [0.2, 0.25) is 5.95 Å². The number of rotatable bonds is 6. The van der Waals surface area contributed by atoms with E-state index in [0.29, 0.717) is 0 Å². The molecule has 2 aromatic rings. The second kappa shape index (κ2) is 6.10. The van der Waals surface area contributed by atoms with Gasteiger partial charge < -0.3 is 14.6 Å². The topological polar surface area (TPSA) is 39.1 Å². The van der Waals surface area contributed by atoms with Crippen LogP contribution < -0.4 is 10.1 Å². The van der Waals surface area contributed by atoms with Gasteiger partial charge in [-0.25, -0.2) is 4.98 Å². The molecule has 4 heteroatoms. The predicted molar refractivity (Wildman–Crippen MR) is 73.1 cm³/mol. The van der Waals surface area contributed by atoms with Crippen LogP contribution in [0.4, 0.5) is 5.95 Å². The van der Waals surface area contributed by atoms with E-state index in [2.05, 4.69) is 33.9 Å². The summed E-state index contributed by atoms with van der Waals surface area (Å²) < 4.78 is 7.28. The largest absolute Gasteiger partial charge is 0.497 e. The Kier molecular flexibility index (Phi) is 4.23. The van der Waals surface area contributed by atoms with Crippen molar-refractivity contribution in [3.05, 3.63) is 42.2 Å². The van der Waals surface area contributed by atoms with E-state index in [9.17, 15) is 0 Å². The van der Waals surface area contributed by atoms with Gasteiger partial charge in [-0.05, 0) is 31.0 Å². The molecule has 96 valence electrons. The second-order valence-electron chi connectivity index (χ2n) is 4.07. The first-order valence-corrected chi connectivity index (χ1v) is 6.21. The molecule has 1 N–H and O–H groups in total. The summed E-state index contributed by atoms with van der Waals surface area (Å²) in [5.41, 5.74) is 1.30. The zero-order valence-electron chi connectivity index (χ0n) is 10.9. The van der Waals surface area contributed by atoms with Gasteiger partial charge in [0.25, 0.3) is 0 Å². The Morgan fingerprint density at radius 2 is 2.06 bits per heavy atom. The van der Waals surface area contributed by atoms with Crippen molar-refractivity contribution in [2.24, 2.45) is 0 Å². The standard InChI is InChI=1S/C14H19N3O/c1-3-15-14-16-9-11-17(14)10-8-12-4-6-13(18-2)7-5-12/h4-7,9,11H,3,8,10H2,1-2H3,(H,15,16). The Morgan fingerprint density at radius 1 is 1.28 bits per heavy atom. The number of hydrogen-bond acceptors (Lipinski definition) is 3. The number of nitrogens with zero attached hydrogens (tertiary/aromatic N) is 2. The van der Waals surface area contributed by atoms with Crippen molar-refractivity contribution in [3.8, 4) is 5.75 Å². The number of aryl methyl sites for hydroxylation is 2. The van der Waals surface area contributed by atoms with E-state index in [1.165, 1.54) is 5.56 Å². The van der Waals surface area contributed by atoms with E-state index in [1.54, 1.807) is 7.11 Å². The van der Waals surface area contributed by atoms with Crippen molar-refractivity contribution in [1.29, 1.82) is 0 Å². The van der Waals surface area contributed by atoms with Crippen molar-refractivity contribution < 1.29 is 4.74 Å². The highest BCUT2D eigenvalue weighted by molar-refractivity contribution is 5.28. The van der Waals surface area contributed by atoms with Gasteiger partial charge in [0.15, 0.2) is 0 Å². The highest BCUT2D eigenvalue weighted by Crippen LogP contribution is 2.13. The second-order valence-corrected chi connectivity index (χ2v) is 4.07. The maximum atomic E-state index is 5.15. The third-order valence-corrected chi connectivity index (χ3v) is 2.85. The first-order valence-electron chi connectivity index (χ1n) is 6.21. The Hall–Kier alpha value is -1.97. The molecule has 0 aliphatic rings. The number of hydrogen-bond donors (Lipinski definition) is 1. The summed E-state index contributed by atoms with van der Waals surface area (Å²) in [6.45, 7) is 3.89. The van der Waals surface area contributed by atoms with Crippen LogP contribution in [0.5, 0.6) is 5.75 Å². The van der Waals surface area contributed by atoms with Gasteiger partial charge >= 0.3 is 0 Å². The summed E-state index contributed by atoms with van der Waals surface area (Å²) in [5.74, 6) is 1.83. The summed E-state index contributed by atoms with van der Waals surface area (Å²) >= 11 is 0. The van der Waals surface area contributed by atoms with Gasteiger partial charge in [0, 0.05) is 25.5 Å². The summed E-state index contributed by atoms with van der Waals surface area (Å²) in [6, 6.07) is 8.19. The van der Waals surface area contributed by atoms with Crippen molar-refractivity contribution in [3.63, 3.8) is 0 Å². The molecule has 0 aliphatic carbocycles. The van der Waals surface area contributed by atoms with Gasteiger partial charge in [0.05, 0.1) is 7.11 Å². The molecule has 1 aromatic heterocycles. The van der Waals surface area contributed by atoms with Crippen LogP contribution in [0.1, 0.15) is 12.5 Å². The summed E-state index contributed by atoms with van der Waals surface area (Å²) in [7, 11) is 1.68. The highest BCUT2D eigenvalue weighted by Gasteiger charge is 2.01. The molecule has 0 fully saturated rings. The van der Waals surface area contributed by atoms with Crippen LogP contribution in [0.2, 0.25) is 0 Å². The summed E-state index contributed by atoms with van der Waals surface area (Å²) in [5, 5.41) is 3.24. The van der Waals surface area contributed by atoms with Crippen molar-refractivity contribution in [1.82, 2.24) is 9.55 Å². The Labute approximate surface area is 108 Å². The number of ether oxygens (including phenoxy) is 1. The van der Waals surface area contributed by atoms with Gasteiger partial charge in [-0.2, -0.15) is 0 Å². The lowest BCUT2D eigenvalue weighted by atomic mass is 10.1. The van der Waals surface area contributed by atoms with Crippen LogP contribution in [0.15, 0.2) is 36.7 Å². The van der Waals surface area contributed by atoms with Crippen LogP contribution in [0.25, 0.3) is 0 Å². The molecule has 1 heterocycles.